The van der Waals surface area contributed by atoms with Crippen LogP contribution in [0.3, 0.4) is 0 Å². The zero-order chi connectivity index (χ0) is 14.7. The van der Waals surface area contributed by atoms with Gasteiger partial charge in [-0.25, -0.2) is 5.43 Å². The SMILES string of the molecule is COc1cccc(C(NN)c2cccc(OC3CC3)c2)c1. The van der Waals surface area contributed by atoms with Crippen molar-refractivity contribution in [3.05, 3.63) is 59.7 Å². The molecule has 0 spiro atoms. The molecule has 1 aliphatic carbocycles. The topological polar surface area (TPSA) is 56.5 Å². The number of hydrazine groups is 1. The van der Waals surface area contributed by atoms with Gasteiger partial charge in [0.25, 0.3) is 0 Å². The summed E-state index contributed by atoms with van der Waals surface area (Å²) in [6.45, 7) is 0. The number of nitrogens with two attached hydrogens (primary N) is 1. The molecule has 0 saturated heterocycles. The van der Waals surface area contributed by atoms with Crippen molar-refractivity contribution in [2.45, 2.75) is 25.0 Å². The van der Waals surface area contributed by atoms with E-state index in [0.29, 0.717) is 6.10 Å². The summed E-state index contributed by atoms with van der Waals surface area (Å²) >= 11 is 0. The molecule has 0 heterocycles. The van der Waals surface area contributed by atoms with Gasteiger partial charge in [0.2, 0.25) is 0 Å². The molecule has 2 aromatic carbocycles. The van der Waals surface area contributed by atoms with Gasteiger partial charge in [-0.1, -0.05) is 24.3 Å². The van der Waals surface area contributed by atoms with Crippen molar-refractivity contribution < 1.29 is 9.47 Å². The predicted octanol–water partition coefficient (Wildman–Crippen LogP) is 2.79. The first-order chi connectivity index (χ1) is 10.3. The van der Waals surface area contributed by atoms with E-state index in [1.165, 1.54) is 0 Å². The van der Waals surface area contributed by atoms with E-state index in [0.717, 1.165) is 35.5 Å². The lowest BCUT2D eigenvalue weighted by Crippen LogP contribution is -2.28. The molecule has 0 bridgehead atoms. The molecule has 110 valence electrons. The van der Waals surface area contributed by atoms with Gasteiger partial charge in [-0.05, 0) is 48.2 Å². The summed E-state index contributed by atoms with van der Waals surface area (Å²) in [4.78, 5) is 0. The maximum Gasteiger partial charge on any atom is 0.120 e. The van der Waals surface area contributed by atoms with Crippen LogP contribution in [0.4, 0.5) is 0 Å². The highest BCUT2D eigenvalue weighted by atomic mass is 16.5. The summed E-state index contributed by atoms with van der Waals surface area (Å²) in [5.41, 5.74) is 5.00. The highest BCUT2D eigenvalue weighted by Gasteiger charge is 2.24. The largest absolute Gasteiger partial charge is 0.497 e. The normalized spacial score (nSPS) is 15.5. The molecule has 1 aliphatic rings. The molecule has 1 fully saturated rings. The molecule has 0 amide bonds. The van der Waals surface area contributed by atoms with Crippen molar-refractivity contribution >= 4 is 0 Å². The minimum Gasteiger partial charge on any atom is -0.497 e. The van der Waals surface area contributed by atoms with Crippen molar-refractivity contribution in [3.8, 4) is 11.5 Å². The fourth-order valence-corrected chi connectivity index (χ4v) is 2.35. The van der Waals surface area contributed by atoms with Gasteiger partial charge in [0.15, 0.2) is 0 Å². The smallest absolute Gasteiger partial charge is 0.120 e. The number of methoxy groups -OCH3 is 1. The van der Waals surface area contributed by atoms with Crippen LogP contribution in [0, 0.1) is 0 Å². The number of hydrogen-bond acceptors (Lipinski definition) is 4. The predicted molar refractivity (Wildman–Crippen MR) is 82.3 cm³/mol. The van der Waals surface area contributed by atoms with E-state index < -0.39 is 0 Å². The van der Waals surface area contributed by atoms with Crippen molar-refractivity contribution in [2.75, 3.05) is 7.11 Å². The van der Waals surface area contributed by atoms with Gasteiger partial charge in [-0.15, -0.1) is 0 Å². The van der Waals surface area contributed by atoms with Crippen molar-refractivity contribution in [2.24, 2.45) is 5.84 Å². The summed E-state index contributed by atoms with van der Waals surface area (Å²) in [5, 5.41) is 0. The molecule has 4 nitrogen and oxygen atoms in total. The van der Waals surface area contributed by atoms with Crippen molar-refractivity contribution in [3.63, 3.8) is 0 Å². The van der Waals surface area contributed by atoms with Crippen LogP contribution < -0.4 is 20.7 Å². The molecule has 1 unspecified atom stereocenters. The molecule has 0 aromatic heterocycles. The molecule has 1 saturated carbocycles. The molecule has 3 rings (SSSR count). The first-order valence-electron chi connectivity index (χ1n) is 7.17. The fourth-order valence-electron chi connectivity index (χ4n) is 2.35. The Hall–Kier alpha value is -2.04. The summed E-state index contributed by atoms with van der Waals surface area (Å²) < 4.78 is 11.1. The number of rotatable bonds is 6. The van der Waals surface area contributed by atoms with E-state index in [1.54, 1.807) is 7.11 Å². The zero-order valence-electron chi connectivity index (χ0n) is 12.1. The molecular weight excluding hydrogens is 264 g/mol. The average molecular weight is 284 g/mol. The lowest BCUT2D eigenvalue weighted by atomic mass is 9.99. The van der Waals surface area contributed by atoms with E-state index in [4.69, 9.17) is 15.3 Å². The van der Waals surface area contributed by atoms with Gasteiger partial charge in [-0.3, -0.25) is 5.84 Å². The monoisotopic (exact) mass is 284 g/mol. The van der Waals surface area contributed by atoms with E-state index in [-0.39, 0.29) is 6.04 Å². The maximum absolute atomic E-state index is 5.85. The fraction of sp³-hybridized carbons (Fsp3) is 0.294. The van der Waals surface area contributed by atoms with Gasteiger partial charge in [0.05, 0.1) is 19.3 Å². The zero-order valence-corrected chi connectivity index (χ0v) is 12.1. The van der Waals surface area contributed by atoms with Crippen LogP contribution >= 0.6 is 0 Å². The second-order valence-corrected chi connectivity index (χ2v) is 5.27. The summed E-state index contributed by atoms with van der Waals surface area (Å²) in [5.74, 6) is 7.48. The van der Waals surface area contributed by atoms with Gasteiger partial charge < -0.3 is 9.47 Å². The highest BCUT2D eigenvalue weighted by molar-refractivity contribution is 5.39. The molecule has 0 aliphatic heterocycles. The quantitative estimate of drug-likeness (QED) is 0.632. The molecular formula is C17H20N2O2. The Labute approximate surface area is 124 Å². The average Bonchev–Trinajstić information content (AvgIpc) is 3.33. The Morgan fingerprint density at radius 3 is 2.24 bits per heavy atom. The van der Waals surface area contributed by atoms with Crippen LogP contribution in [0.5, 0.6) is 11.5 Å². The summed E-state index contributed by atoms with van der Waals surface area (Å²) in [6.07, 6.45) is 2.69. The van der Waals surface area contributed by atoms with Gasteiger partial charge >= 0.3 is 0 Å². The molecule has 4 heteroatoms. The Balaban J connectivity index is 1.87. The Kier molecular flexibility index (Phi) is 4.08. The number of benzene rings is 2. The standard InChI is InChI=1S/C17H20N2O2/c1-20-15-6-2-4-12(10-15)17(19-18)13-5-3-7-16(11-13)21-14-8-9-14/h2-7,10-11,14,17,19H,8-9,18H2,1H3. The van der Waals surface area contributed by atoms with Crippen LogP contribution in [0.15, 0.2) is 48.5 Å². The van der Waals surface area contributed by atoms with Crippen LogP contribution in [0.2, 0.25) is 0 Å². The molecule has 21 heavy (non-hydrogen) atoms. The number of nitrogens with one attached hydrogen (secondary N) is 1. The van der Waals surface area contributed by atoms with Crippen LogP contribution in [-0.2, 0) is 0 Å². The second-order valence-electron chi connectivity index (χ2n) is 5.27. The maximum atomic E-state index is 5.85. The van der Waals surface area contributed by atoms with Gasteiger partial charge in [0, 0.05) is 0 Å². The number of hydrogen-bond donors (Lipinski definition) is 2. The summed E-state index contributed by atoms with van der Waals surface area (Å²) in [6, 6.07) is 15.9. The minimum absolute atomic E-state index is 0.0946. The van der Waals surface area contributed by atoms with Gasteiger partial charge in [0.1, 0.15) is 11.5 Å². The van der Waals surface area contributed by atoms with Crippen LogP contribution in [0.25, 0.3) is 0 Å². The lowest BCUT2D eigenvalue weighted by Gasteiger charge is -2.18. The third-order valence-electron chi connectivity index (χ3n) is 3.61. The van der Waals surface area contributed by atoms with Crippen molar-refractivity contribution in [1.29, 1.82) is 0 Å². The van der Waals surface area contributed by atoms with E-state index in [2.05, 4.69) is 5.43 Å². The molecule has 3 N–H and O–H groups in total. The van der Waals surface area contributed by atoms with Gasteiger partial charge in [-0.2, -0.15) is 0 Å². The third-order valence-corrected chi connectivity index (χ3v) is 3.61. The number of ether oxygens (including phenoxy) is 2. The Morgan fingerprint density at radius 1 is 1.05 bits per heavy atom. The van der Waals surface area contributed by atoms with E-state index in [1.807, 2.05) is 48.5 Å². The molecule has 1 atom stereocenters. The second kappa shape index (κ2) is 6.16. The molecule has 2 aromatic rings. The first kappa shape index (κ1) is 13.9. The minimum atomic E-state index is -0.0946. The Morgan fingerprint density at radius 2 is 1.67 bits per heavy atom. The van der Waals surface area contributed by atoms with Crippen molar-refractivity contribution in [1.82, 2.24) is 5.43 Å². The first-order valence-corrected chi connectivity index (χ1v) is 7.17. The highest BCUT2D eigenvalue weighted by Crippen LogP contribution is 2.30. The summed E-state index contributed by atoms with van der Waals surface area (Å²) in [7, 11) is 1.66. The molecule has 0 radical (unpaired) electrons. The third kappa shape index (κ3) is 3.35. The van der Waals surface area contributed by atoms with Crippen LogP contribution in [-0.4, -0.2) is 13.2 Å². The van der Waals surface area contributed by atoms with Crippen LogP contribution in [0.1, 0.15) is 30.0 Å². The Bertz CT molecular complexity index is 611. The van der Waals surface area contributed by atoms with E-state index in [9.17, 15) is 0 Å². The lowest BCUT2D eigenvalue weighted by molar-refractivity contribution is 0.302. The van der Waals surface area contributed by atoms with E-state index >= 15 is 0 Å².